The fourth-order valence-corrected chi connectivity index (χ4v) is 3.38. The van der Waals surface area contributed by atoms with Crippen molar-refractivity contribution in [3.05, 3.63) is 0 Å². The van der Waals surface area contributed by atoms with E-state index in [2.05, 4.69) is 60.3 Å². The number of likely N-dealkylation sites (tertiary alicyclic amines) is 1. The maximum atomic E-state index is 2.73. The second-order valence-electron chi connectivity index (χ2n) is 7.87. The standard InChI is InChI=1S/C15H31N/c1-11(2)12-9-10-16(15(6,7)8)13(12)14(3,4)5/h11-13H,9-10H2,1-8H3. The van der Waals surface area contributed by atoms with Crippen molar-refractivity contribution in [2.24, 2.45) is 17.3 Å². The van der Waals surface area contributed by atoms with Gasteiger partial charge < -0.3 is 0 Å². The summed E-state index contributed by atoms with van der Waals surface area (Å²) in [6.45, 7) is 20.3. The van der Waals surface area contributed by atoms with Gasteiger partial charge in [0.2, 0.25) is 0 Å². The summed E-state index contributed by atoms with van der Waals surface area (Å²) in [5, 5.41) is 0. The minimum absolute atomic E-state index is 0.307. The van der Waals surface area contributed by atoms with Gasteiger partial charge in [-0.2, -0.15) is 0 Å². The molecule has 1 heterocycles. The molecular formula is C15H31N. The number of hydrogen-bond donors (Lipinski definition) is 0. The average molecular weight is 225 g/mol. The van der Waals surface area contributed by atoms with Gasteiger partial charge in [-0.05, 0) is 51.0 Å². The Labute approximate surface area is 103 Å². The van der Waals surface area contributed by atoms with Crippen molar-refractivity contribution in [3.8, 4) is 0 Å². The van der Waals surface area contributed by atoms with Crippen LogP contribution in [0.2, 0.25) is 0 Å². The molecule has 1 rings (SSSR count). The maximum Gasteiger partial charge on any atom is 0.0180 e. The lowest BCUT2D eigenvalue weighted by atomic mass is 9.74. The van der Waals surface area contributed by atoms with E-state index in [0.29, 0.717) is 11.0 Å². The third-order valence-corrected chi connectivity index (χ3v) is 4.05. The molecule has 0 spiro atoms. The first-order valence-corrected chi connectivity index (χ1v) is 6.82. The fourth-order valence-electron chi connectivity index (χ4n) is 3.38. The zero-order valence-electron chi connectivity index (χ0n) is 12.6. The molecule has 0 amide bonds. The SMILES string of the molecule is CC(C)C1CCN(C(C)(C)C)C1C(C)(C)C. The third kappa shape index (κ3) is 2.80. The number of hydrogen-bond acceptors (Lipinski definition) is 1. The first-order chi connectivity index (χ1) is 7.05. The average Bonchev–Trinajstić information content (AvgIpc) is 2.43. The molecule has 96 valence electrons. The van der Waals surface area contributed by atoms with E-state index in [9.17, 15) is 0 Å². The largest absolute Gasteiger partial charge is 0.295 e. The van der Waals surface area contributed by atoms with Crippen LogP contribution in [0.3, 0.4) is 0 Å². The van der Waals surface area contributed by atoms with Crippen LogP contribution in [0.4, 0.5) is 0 Å². The predicted octanol–water partition coefficient (Wildman–Crippen LogP) is 4.18. The van der Waals surface area contributed by atoms with Crippen LogP contribution in [0.5, 0.6) is 0 Å². The molecule has 0 N–H and O–H groups in total. The minimum atomic E-state index is 0.307. The summed E-state index contributed by atoms with van der Waals surface area (Å²) in [6.07, 6.45) is 1.37. The zero-order chi connectivity index (χ0) is 12.7. The molecule has 0 aromatic carbocycles. The monoisotopic (exact) mass is 225 g/mol. The van der Waals surface area contributed by atoms with Crippen molar-refractivity contribution in [1.82, 2.24) is 4.90 Å². The van der Waals surface area contributed by atoms with Crippen molar-refractivity contribution in [1.29, 1.82) is 0 Å². The molecule has 1 fully saturated rings. The summed E-state index contributed by atoms with van der Waals surface area (Å²) in [7, 11) is 0. The van der Waals surface area contributed by atoms with Crippen LogP contribution in [0.25, 0.3) is 0 Å². The van der Waals surface area contributed by atoms with Crippen molar-refractivity contribution in [2.45, 2.75) is 73.4 Å². The first-order valence-electron chi connectivity index (χ1n) is 6.82. The molecule has 0 bridgehead atoms. The van der Waals surface area contributed by atoms with Crippen LogP contribution in [-0.4, -0.2) is 23.0 Å². The molecular weight excluding hydrogens is 194 g/mol. The van der Waals surface area contributed by atoms with E-state index in [-0.39, 0.29) is 0 Å². The summed E-state index contributed by atoms with van der Waals surface area (Å²) in [6, 6.07) is 0.729. The predicted molar refractivity (Wildman–Crippen MR) is 72.6 cm³/mol. The summed E-state index contributed by atoms with van der Waals surface area (Å²) >= 11 is 0. The van der Waals surface area contributed by atoms with Crippen molar-refractivity contribution in [2.75, 3.05) is 6.54 Å². The Morgan fingerprint density at radius 3 is 1.81 bits per heavy atom. The summed E-state index contributed by atoms with van der Waals surface area (Å²) in [5.74, 6) is 1.66. The highest BCUT2D eigenvalue weighted by molar-refractivity contribution is 4.99. The quantitative estimate of drug-likeness (QED) is 0.647. The van der Waals surface area contributed by atoms with E-state index in [4.69, 9.17) is 0 Å². The maximum absolute atomic E-state index is 2.73. The van der Waals surface area contributed by atoms with Gasteiger partial charge in [-0.3, -0.25) is 4.90 Å². The lowest BCUT2D eigenvalue weighted by Crippen LogP contribution is -2.52. The van der Waals surface area contributed by atoms with E-state index in [1.165, 1.54) is 13.0 Å². The van der Waals surface area contributed by atoms with E-state index in [1.807, 2.05) is 0 Å². The molecule has 2 unspecified atom stereocenters. The smallest absolute Gasteiger partial charge is 0.0180 e. The van der Waals surface area contributed by atoms with Gasteiger partial charge in [-0.25, -0.2) is 0 Å². The van der Waals surface area contributed by atoms with Gasteiger partial charge in [0.1, 0.15) is 0 Å². The lowest BCUT2D eigenvalue weighted by Gasteiger charge is -2.46. The molecule has 0 aliphatic carbocycles. The Hall–Kier alpha value is -0.0400. The van der Waals surface area contributed by atoms with E-state index in [1.54, 1.807) is 0 Å². The van der Waals surface area contributed by atoms with Crippen LogP contribution in [-0.2, 0) is 0 Å². The van der Waals surface area contributed by atoms with Gasteiger partial charge in [0.25, 0.3) is 0 Å². The normalized spacial score (nSPS) is 29.1. The van der Waals surface area contributed by atoms with Gasteiger partial charge >= 0.3 is 0 Å². The summed E-state index contributed by atoms with van der Waals surface area (Å²) in [5.41, 5.74) is 0.695. The molecule has 0 radical (unpaired) electrons. The molecule has 0 saturated carbocycles. The number of rotatable bonds is 1. The van der Waals surface area contributed by atoms with Crippen molar-refractivity contribution >= 4 is 0 Å². The van der Waals surface area contributed by atoms with Gasteiger partial charge in [-0.1, -0.05) is 34.6 Å². The Morgan fingerprint density at radius 1 is 1.00 bits per heavy atom. The highest BCUT2D eigenvalue weighted by Crippen LogP contribution is 2.43. The van der Waals surface area contributed by atoms with Crippen molar-refractivity contribution in [3.63, 3.8) is 0 Å². The van der Waals surface area contributed by atoms with Crippen LogP contribution in [0, 0.1) is 17.3 Å². The highest BCUT2D eigenvalue weighted by atomic mass is 15.2. The molecule has 1 nitrogen and oxygen atoms in total. The topological polar surface area (TPSA) is 3.24 Å². The van der Waals surface area contributed by atoms with Gasteiger partial charge in [-0.15, -0.1) is 0 Å². The van der Waals surface area contributed by atoms with Crippen LogP contribution >= 0.6 is 0 Å². The molecule has 0 aromatic heterocycles. The van der Waals surface area contributed by atoms with E-state index >= 15 is 0 Å². The van der Waals surface area contributed by atoms with Crippen molar-refractivity contribution < 1.29 is 0 Å². The van der Waals surface area contributed by atoms with Crippen LogP contribution in [0.15, 0.2) is 0 Å². The minimum Gasteiger partial charge on any atom is -0.295 e. The van der Waals surface area contributed by atoms with Crippen LogP contribution < -0.4 is 0 Å². The molecule has 1 saturated heterocycles. The Morgan fingerprint density at radius 2 is 1.50 bits per heavy atom. The third-order valence-electron chi connectivity index (χ3n) is 4.05. The molecule has 16 heavy (non-hydrogen) atoms. The number of nitrogens with zero attached hydrogens (tertiary/aromatic N) is 1. The fraction of sp³-hybridized carbons (Fsp3) is 1.00. The Kier molecular flexibility index (Phi) is 3.79. The van der Waals surface area contributed by atoms with E-state index < -0.39 is 0 Å². The first kappa shape index (κ1) is 14.0. The zero-order valence-corrected chi connectivity index (χ0v) is 12.6. The molecule has 0 aromatic rings. The molecule has 1 heteroatoms. The Balaban J connectivity index is 2.98. The molecule has 1 aliphatic rings. The van der Waals surface area contributed by atoms with Gasteiger partial charge in [0, 0.05) is 11.6 Å². The second-order valence-corrected chi connectivity index (χ2v) is 7.87. The Bertz CT molecular complexity index is 229. The summed E-state index contributed by atoms with van der Waals surface area (Å²) in [4.78, 5) is 2.73. The highest BCUT2D eigenvalue weighted by Gasteiger charge is 2.46. The second kappa shape index (κ2) is 4.33. The van der Waals surface area contributed by atoms with Gasteiger partial charge in [0.05, 0.1) is 0 Å². The van der Waals surface area contributed by atoms with Gasteiger partial charge in [0.15, 0.2) is 0 Å². The molecule has 2 atom stereocenters. The lowest BCUT2D eigenvalue weighted by molar-refractivity contribution is 0.0300. The van der Waals surface area contributed by atoms with Crippen LogP contribution in [0.1, 0.15) is 61.8 Å². The summed E-state index contributed by atoms with van der Waals surface area (Å²) < 4.78 is 0. The van der Waals surface area contributed by atoms with E-state index in [0.717, 1.165) is 17.9 Å². The molecule has 1 aliphatic heterocycles.